The van der Waals surface area contributed by atoms with Crippen molar-refractivity contribution in [1.29, 1.82) is 0 Å². The van der Waals surface area contributed by atoms with Crippen LogP contribution in [0.4, 0.5) is 0 Å². The third kappa shape index (κ3) is 4.12. The SMILES string of the molecule is COc1cc(O)c2c(=O)cc(-c3ccc(O)c(O)c3)oc2c1[C@@H]1O[C@H](CO)[C@@H](O)[C@H](O)[C@H]1OC=O. The fourth-order valence-electron chi connectivity index (χ4n) is 4.11. The van der Waals surface area contributed by atoms with Crippen molar-refractivity contribution < 1.29 is 54.1 Å². The Kier molecular flexibility index (Phi) is 6.54. The van der Waals surface area contributed by atoms with E-state index in [0.717, 1.165) is 18.2 Å². The molecule has 2 heterocycles. The number of hydrogen-bond acceptors (Lipinski definition) is 12. The molecular formula is C23H22O12. The lowest BCUT2D eigenvalue weighted by Gasteiger charge is -2.41. The molecule has 0 radical (unpaired) electrons. The monoisotopic (exact) mass is 490 g/mol. The van der Waals surface area contributed by atoms with Gasteiger partial charge in [0.2, 0.25) is 0 Å². The molecule has 1 aliphatic rings. The second kappa shape index (κ2) is 9.43. The molecule has 0 amide bonds. The average Bonchev–Trinajstić information content (AvgIpc) is 2.83. The number of phenolic OH excluding ortho intramolecular Hbond substituents is 3. The summed E-state index contributed by atoms with van der Waals surface area (Å²) < 4.78 is 22.0. The van der Waals surface area contributed by atoms with Crippen LogP contribution in [0.15, 0.2) is 39.5 Å². The van der Waals surface area contributed by atoms with Crippen LogP contribution in [-0.2, 0) is 14.3 Å². The van der Waals surface area contributed by atoms with E-state index in [-0.39, 0.29) is 40.1 Å². The molecule has 1 aliphatic heterocycles. The summed E-state index contributed by atoms with van der Waals surface area (Å²) >= 11 is 0. The zero-order chi connectivity index (χ0) is 25.4. The van der Waals surface area contributed by atoms with E-state index in [1.165, 1.54) is 19.2 Å². The summed E-state index contributed by atoms with van der Waals surface area (Å²) in [6.07, 6.45) is -7.55. The van der Waals surface area contributed by atoms with Gasteiger partial charge in [0.25, 0.3) is 6.47 Å². The van der Waals surface area contributed by atoms with E-state index in [4.69, 9.17) is 18.6 Å². The Morgan fingerprint density at radius 3 is 2.40 bits per heavy atom. The molecule has 5 atom stereocenters. The molecule has 2 aromatic carbocycles. The highest BCUT2D eigenvalue weighted by molar-refractivity contribution is 5.90. The van der Waals surface area contributed by atoms with Crippen LogP contribution in [0.1, 0.15) is 11.7 Å². The number of phenols is 3. The van der Waals surface area contributed by atoms with E-state index in [2.05, 4.69) is 0 Å². The first-order chi connectivity index (χ1) is 16.7. The molecule has 1 fully saturated rings. The Hall–Kier alpha value is -3.84. The molecule has 0 spiro atoms. The van der Waals surface area contributed by atoms with Crippen molar-refractivity contribution in [1.82, 2.24) is 0 Å². The van der Waals surface area contributed by atoms with Crippen molar-refractivity contribution in [2.24, 2.45) is 0 Å². The van der Waals surface area contributed by atoms with Crippen LogP contribution in [0.2, 0.25) is 0 Å². The lowest BCUT2D eigenvalue weighted by molar-refractivity contribution is -0.236. The Labute approximate surface area is 196 Å². The van der Waals surface area contributed by atoms with E-state index in [1.807, 2.05) is 0 Å². The number of hydrogen-bond donors (Lipinski definition) is 6. The fraction of sp³-hybridized carbons (Fsp3) is 0.304. The van der Waals surface area contributed by atoms with Crippen LogP contribution >= 0.6 is 0 Å². The zero-order valence-electron chi connectivity index (χ0n) is 18.2. The minimum absolute atomic E-state index is 0.0339. The first-order valence-corrected chi connectivity index (χ1v) is 10.3. The largest absolute Gasteiger partial charge is 0.507 e. The van der Waals surface area contributed by atoms with E-state index in [0.29, 0.717) is 0 Å². The van der Waals surface area contributed by atoms with Crippen LogP contribution in [0.3, 0.4) is 0 Å². The summed E-state index contributed by atoms with van der Waals surface area (Å²) in [7, 11) is 1.25. The number of rotatable bonds is 6. The number of carbonyl (C=O) groups is 1. The molecule has 0 bridgehead atoms. The first kappa shape index (κ1) is 24.3. The lowest BCUT2D eigenvalue weighted by atomic mass is 9.89. The second-order valence-electron chi connectivity index (χ2n) is 7.85. The van der Waals surface area contributed by atoms with Gasteiger partial charge >= 0.3 is 0 Å². The van der Waals surface area contributed by atoms with Crippen LogP contribution < -0.4 is 10.2 Å². The third-order valence-electron chi connectivity index (χ3n) is 5.83. The molecule has 12 nitrogen and oxygen atoms in total. The van der Waals surface area contributed by atoms with Gasteiger partial charge in [-0.25, -0.2) is 0 Å². The summed E-state index contributed by atoms with van der Waals surface area (Å²) in [5, 5.41) is 60.1. The highest BCUT2D eigenvalue weighted by Crippen LogP contribution is 2.45. The Balaban J connectivity index is 2.02. The summed E-state index contributed by atoms with van der Waals surface area (Å²) in [4.78, 5) is 24.2. The van der Waals surface area contributed by atoms with Gasteiger partial charge in [-0.15, -0.1) is 0 Å². The molecule has 3 aromatic rings. The smallest absolute Gasteiger partial charge is 0.293 e. The van der Waals surface area contributed by atoms with Gasteiger partial charge in [-0.05, 0) is 18.2 Å². The number of ether oxygens (including phenoxy) is 3. The number of aliphatic hydroxyl groups excluding tert-OH is 3. The van der Waals surface area contributed by atoms with E-state index in [9.17, 15) is 40.2 Å². The van der Waals surface area contributed by atoms with Gasteiger partial charge in [-0.3, -0.25) is 9.59 Å². The third-order valence-corrected chi connectivity index (χ3v) is 5.83. The molecule has 0 unspecified atom stereocenters. The van der Waals surface area contributed by atoms with Gasteiger partial charge in [0, 0.05) is 17.7 Å². The highest BCUT2D eigenvalue weighted by atomic mass is 16.6. The number of carbonyl (C=O) groups excluding carboxylic acids is 1. The molecular weight excluding hydrogens is 468 g/mol. The number of aliphatic hydroxyl groups is 3. The predicted molar refractivity (Wildman–Crippen MR) is 117 cm³/mol. The van der Waals surface area contributed by atoms with E-state index in [1.54, 1.807) is 0 Å². The van der Waals surface area contributed by atoms with E-state index >= 15 is 0 Å². The number of methoxy groups -OCH3 is 1. The van der Waals surface area contributed by atoms with E-state index < -0.39 is 59.8 Å². The maximum absolute atomic E-state index is 13.0. The van der Waals surface area contributed by atoms with Crippen molar-refractivity contribution >= 4 is 17.4 Å². The molecule has 186 valence electrons. The molecule has 35 heavy (non-hydrogen) atoms. The molecule has 0 saturated carbocycles. The lowest BCUT2D eigenvalue weighted by Crippen LogP contribution is -2.56. The van der Waals surface area contributed by atoms with Crippen LogP contribution in [0.25, 0.3) is 22.3 Å². The normalized spacial score (nSPS) is 24.3. The molecule has 12 heteroatoms. The Bertz CT molecular complexity index is 1320. The second-order valence-corrected chi connectivity index (χ2v) is 7.85. The number of aromatic hydroxyl groups is 3. The topological polar surface area (TPSA) is 196 Å². The molecule has 0 aliphatic carbocycles. The molecule has 1 saturated heterocycles. The van der Waals surface area contributed by atoms with Gasteiger partial charge in [0.1, 0.15) is 47.1 Å². The van der Waals surface area contributed by atoms with Gasteiger partial charge in [-0.2, -0.15) is 0 Å². The predicted octanol–water partition coefficient (Wildman–Crippen LogP) is 0.281. The van der Waals surface area contributed by atoms with Gasteiger partial charge in [0.15, 0.2) is 28.6 Å². The van der Waals surface area contributed by atoms with Gasteiger partial charge in [-0.1, -0.05) is 0 Å². The summed E-state index contributed by atoms with van der Waals surface area (Å²) in [6.45, 7) is -0.672. The van der Waals surface area contributed by atoms with Crippen LogP contribution in [0.5, 0.6) is 23.0 Å². The average molecular weight is 490 g/mol. The molecule has 1 aromatic heterocycles. The van der Waals surface area contributed by atoms with Crippen molar-refractivity contribution in [2.45, 2.75) is 30.5 Å². The summed E-state index contributed by atoms with van der Waals surface area (Å²) in [6, 6.07) is 5.86. The summed E-state index contributed by atoms with van der Waals surface area (Å²) in [5.74, 6) is -1.53. The van der Waals surface area contributed by atoms with Crippen molar-refractivity contribution in [3.05, 3.63) is 46.1 Å². The quantitative estimate of drug-likeness (QED) is 0.204. The number of fused-ring (bicyclic) bond motifs is 1. The minimum Gasteiger partial charge on any atom is -0.507 e. The first-order valence-electron chi connectivity index (χ1n) is 10.3. The molecule has 6 N–H and O–H groups in total. The molecule has 4 rings (SSSR count). The number of benzene rings is 2. The van der Waals surface area contributed by atoms with Crippen molar-refractivity contribution in [3.8, 4) is 34.3 Å². The standard InChI is InChI=1S/C23H22O12/c1-32-15-6-13(29)17-12(28)5-14(9-2-3-10(26)11(27)4-9)34-21(17)18(15)22-23(33-8-25)20(31)19(30)16(7-24)35-22/h2-6,8,16,19-20,22-24,26-27,29-31H,7H2,1H3/t16-,19-,20+,22+,23-/m1/s1. The zero-order valence-corrected chi connectivity index (χ0v) is 18.2. The maximum Gasteiger partial charge on any atom is 0.293 e. The highest BCUT2D eigenvalue weighted by Gasteiger charge is 2.48. The van der Waals surface area contributed by atoms with Gasteiger partial charge < -0.3 is 49.3 Å². The summed E-state index contributed by atoms with van der Waals surface area (Å²) in [5.41, 5.74) is -0.820. The van der Waals surface area contributed by atoms with Crippen LogP contribution in [0, 0.1) is 0 Å². The maximum atomic E-state index is 13.0. The Morgan fingerprint density at radius 1 is 1.03 bits per heavy atom. The minimum atomic E-state index is -1.70. The van der Waals surface area contributed by atoms with Crippen molar-refractivity contribution in [2.75, 3.05) is 13.7 Å². The fourth-order valence-corrected chi connectivity index (χ4v) is 4.11. The van der Waals surface area contributed by atoms with Crippen molar-refractivity contribution in [3.63, 3.8) is 0 Å². The van der Waals surface area contributed by atoms with Gasteiger partial charge in [0.05, 0.1) is 19.3 Å². The Morgan fingerprint density at radius 2 is 1.77 bits per heavy atom. The van der Waals surface area contributed by atoms with Crippen LogP contribution in [-0.4, -0.2) is 75.2 Å².